The predicted molar refractivity (Wildman–Crippen MR) is 175 cm³/mol. The number of hydrogen-bond acceptors (Lipinski definition) is 8. The first-order valence-corrected chi connectivity index (χ1v) is 15.4. The van der Waals surface area contributed by atoms with Crippen LogP contribution in [0.4, 0.5) is 21.9 Å². The molecule has 1 fully saturated rings. The molecule has 1 amide bonds. The Balaban J connectivity index is 1.24. The molecule has 0 spiro atoms. The summed E-state index contributed by atoms with van der Waals surface area (Å²) in [6.45, 7) is 10.1. The minimum atomic E-state index is -0.519. The molecule has 9 heteroatoms. The van der Waals surface area contributed by atoms with Crippen LogP contribution in [0, 0.1) is 0 Å². The van der Waals surface area contributed by atoms with E-state index in [-0.39, 0.29) is 6.09 Å². The third kappa shape index (κ3) is 7.42. The Kier molecular flexibility index (Phi) is 8.96. The van der Waals surface area contributed by atoms with E-state index in [1.54, 1.807) is 4.90 Å². The SMILES string of the molecule is CC(C)(C)OC(=O)N1CCN(c2cccc3c2OCCN3c2ccc(OCc3ccccc3)nc2OCc2ccccc2)CC1. The van der Waals surface area contributed by atoms with Gasteiger partial charge in [-0.15, -0.1) is 0 Å². The third-order valence-electron chi connectivity index (χ3n) is 7.65. The molecule has 0 bridgehead atoms. The summed E-state index contributed by atoms with van der Waals surface area (Å²) in [6, 6.07) is 30.2. The molecule has 0 unspecified atom stereocenters. The molecule has 1 saturated heterocycles. The summed E-state index contributed by atoms with van der Waals surface area (Å²) >= 11 is 0. The number of hydrogen-bond donors (Lipinski definition) is 0. The van der Waals surface area contributed by atoms with Gasteiger partial charge in [0.25, 0.3) is 0 Å². The van der Waals surface area contributed by atoms with Crippen LogP contribution < -0.4 is 24.0 Å². The third-order valence-corrected chi connectivity index (χ3v) is 7.65. The fourth-order valence-corrected chi connectivity index (χ4v) is 5.45. The van der Waals surface area contributed by atoms with Crippen LogP contribution in [0.3, 0.4) is 0 Å². The Labute approximate surface area is 264 Å². The summed E-state index contributed by atoms with van der Waals surface area (Å²) < 4.78 is 24.3. The average molecular weight is 609 g/mol. The first-order valence-electron chi connectivity index (χ1n) is 15.4. The molecule has 3 aromatic carbocycles. The first kappa shape index (κ1) is 30.1. The van der Waals surface area contributed by atoms with E-state index in [0.717, 1.165) is 33.9 Å². The van der Waals surface area contributed by atoms with Crippen molar-refractivity contribution in [3.8, 4) is 17.5 Å². The maximum Gasteiger partial charge on any atom is 0.410 e. The van der Waals surface area contributed by atoms with E-state index in [2.05, 4.69) is 21.9 Å². The molecule has 1 aromatic heterocycles. The lowest BCUT2D eigenvalue weighted by Crippen LogP contribution is -2.50. The number of benzene rings is 3. The second-order valence-corrected chi connectivity index (χ2v) is 12.1. The smallest absolute Gasteiger partial charge is 0.410 e. The zero-order valence-corrected chi connectivity index (χ0v) is 26.1. The van der Waals surface area contributed by atoms with Crippen molar-refractivity contribution in [2.45, 2.75) is 39.6 Å². The van der Waals surface area contributed by atoms with Crippen molar-refractivity contribution in [3.05, 3.63) is 102 Å². The zero-order chi connectivity index (χ0) is 31.2. The Bertz CT molecular complexity index is 1580. The summed E-state index contributed by atoms with van der Waals surface area (Å²) in [5.74, 6) is 1.80. The standard InChI is InChI=1S/C36H40N4O5/c1-36(2,3)45-35(41)39-21-19-38(20-22-39)29-15-10-16-30-33(29)42-24-23-40(30)31-17-18-32(43-25-27-11-6-4-7-12-27)37-34(31)44-26-28-13-8-5-9-14-28/h4-18H,19-26H2,1-3H3. The highest BCUT2D eigenvalue weighted by Gasteiger charge is 2.30. The topological polar surface area (TPSA) is 76.6 Å². The second kappa shape index (κ2) is 13.4. The van der Waals surface area contributed by atoms with Gasteiger partial charge >= 0.3 is 6.09 Å². The van der Waals surface area contributed by atoms with Crippen LogP contribution in [0.2, 0.25) is 0 Å². The molecule has 9 nitrogen and oxygen atoms in total. The van der Waals surface area contributed by atoms with Crippen molar-refractivity contribution >= 4 is 23.2 Å². The number of anilines is 3. The van der Waals surface area contributed by atoms with Crippen LogP contribution in [-0.4, -0.2) is 60.9 Å². The maximum absolute atomic E-state index is 12.6. The van der Waals surface area contributed by atoms with Gasteiger partial charge in [0.05, 0.1) is 17.9 Å². The van der Waals surface area contributed by atoms with Crippen LogP contribution in [0.1, 0.15) is 31.9 Å². The van der Waals surface area contributed by atoms with Crippen LogP contribution in [0.15, 0.2) is 91.0 Å². The molecular weight excluding hydrogens is 568 g/mol. The van der Waals surface area contributed by atoms with Gasteiger partial charge in [-0.1, -0.05) is 66.7 Å². The van der Waals surface area contributed by atoms with Gasteiger partial charge in [0.15, 0.2) is 5.75 Å². The van der Waals surface area contributed by atoms with Crippen molar-refractivity contribution < 1.29 is 23.7 Å². The van der Waals surface area contributed by atoms with Crippen molar-refractivity contribution in [2.75, 3.05) is 49.1 Å². The lowest BCUT2D eigenvalue weighted by Gasteiger charge is -2.39. The average Bonchev–Trinajstić information content (AvgIpc) is 3.06. The van der Waals surface area contributed by atoms with Crippen molar-refractivity contribution in [1.29, 1.82) is 0 Å². The monoisotopic (exact) mass is 608 g/mol. The first-order chi connectivity index (χ1) is 21.8. The second-order valence-electron chi connectivity index (χ2n) is 12.1. The Hall–Kier alpha value is -4.92. The lowest BCUT2D eigenvalue weighted by molar-refractivity contribution is 0.0240. The summed E-state index contributed by atoms with van der Waals surface area (Å²) in [6.07, 6.45) is -0.272. The highest BCUT2D eigenvalue weighted by Crippen LogP contribution is 2.45. The predicted octanol–water partition coefficient (Wildman–Crippen LogP) is 6.83. The number of rotatable bonds is 8. The molecule has 3 heterocycles. The van der Waals surface area contributed by atoms with E-state index in [0.29, 0.717) is 64.3 Å². The largest absolute Gasteiger partial charge is 0.487 e. The van der Waals surface area contributed by atoms with Crippen molar-refractivity contribution in [2.24, 2.45) is 0 Å². The van der Waals surface area contributed by atoms with Crippen LogP contribution >= 0.6 is 0 Å². The molecule has 2 aliphatic heterocycles. The number of amides is 1. The number of fused-ring (bicyclic) bond motifs is 1. The van der Waals surface area contributed by atoms with Crippen molar-refractivity contribution in [3.63, 3.8) is 0 Å². The van der Waals surface area contributed by atoms with Gasteiger partial charge in [-0.3, -0.25) is 0 Å². The van der Waals surface area contributed by atoms with E-state index in [9.17, 15) is 4.79 Å². The minimum absolute atomic E-state index is 0.272. The quantitative estimate of drug-likeness (QED) is 0.216. The van der Waals surface area contributed by atoms with Crippen LogP contribution in [-0.2, 0) is 18.0 Å². The van der Waals surface area contributed by atoms with Gasteiger partial charge in [0.2, 0.25) is 11.8 Å². The number of carbonyl (C=O) groups is 1. The Morgan fingerprint density at radius 2 is 1.38 bits per heavy atom. The van der Waals surface area contributed by atoms with E-state index in [4.69, 9.17) is 23.9 Å². The molecule has 6 rings (SSSR count). The molecule has 4 aromatic rings. The fraction of sp³-hybridized carbons (Fsp3) is 0.333. The number of carbonyl (C=O) groups excluding carboxylic acids is 1. The van der Waals surface area contributed by atoms with E-state index in [1.807, 2.05) is 99.6 Å². The molecule has 0 N–H and O–H groups in total. The van der Waals surface area contributed by atoms with E-state index >= 15 is 0 Å². The van der Waals surface area contributed by atoms with Gasteiger partial charge in [-0.25, -0.2) is 4.79 Å². The normalized spacial score (nSPS) is 14.8. The molecule has 45 heavy (non-hydrogen) atoms. The minimum Gasteiger partial charge on any atom is -0.487 e. The van der Waals surface area contributed by atoms with Gasteiger partial charge in [-0.05, 0) is 50.1 Å². The highest BCUT2D eigenvalue weighted by molar-refractivity contribution is 5.80. The van der Waals surface area contributed by atoms with Gasteiger partial charge in [0.1, 0.15) is 31.1 Å². The van der Waals surface area contributed by atoms with Gasteiger partial charge in [0, 0.05) is 32.2 Å². The maximum atomic E-state index is 12.6. The summed E-state index contributed by atoms with van der Waals surface area (Å²) in [5, 5.41) is 0. The number of ether oxygens (including phenoxy) is 4. The van der Waals surface area contributed by atoms with Crippen LogP contribution in [0.25, 0.3) is 0 Å². The zero-order valence-electron chi connectivity index (χ0n) is 26.1. The van der Waals surface area contributed by atoms with Gasteiger partial charge < -0.3 is 33.6 Å². The van der Waals surface area contributed by atoms with E-state index < -0.39 is 5.60 Å². The summed E-state index contributed by atoms with van der Waals surface area (Å²) in [5.41, 5.74) is 4.39. The molecule has 0 atom stereocenters. The Morgan fingerprint density at radius 3 is 2.04 bits per heavy atom. The van der Waals surface area contributed by atoms with Gasteiger partial charge in [-0.2, -0.15) is 4.98 Å². The highest BCUT2D eigenvalue weighted by atomic mass is 16.6. The molecule has 234 valence electrons. The number of para-hydroxylation sites is 1. The molecule has 2 aliphatic rings. The van der Waals surface area contributed by atoms with Crippen LogP contribution in [0.5, 0.6) is 17.5 Å². The number of piperazine rings is 1. The number of nitrogens with zero attached hydrogens (tertiary/aromatic N) is 4. The Morgan fingerprint density at radius 1 is 0.733 bits per heavy atom. The molecular formula is C36H40N4O5. The molecule has 0 aliphatic carbocycles. The number of pyridine rings is 1. The molecule has 0 radical (unpaired) electrons. The summed E-state index contributed by atoms with van der Waals surface area (Å²) in [7, 11) is 0. The lowest BCUT2D eigenvalue weighted by atomic mass is 10.1. The van der Waals surface area contributed by atoms with E-state index in [1.165, 1.54) is 0 Å². The number of aromatic nitrogens is 1. The molecule has 0 saturated carbocycles. The summed E-state index contributed by atoms with van der Waals surface area (Å²) in [4.78, 5) is 23.7. The van der Waals surface area contributed by atoms with Crippen molar-refractivity contribution in [1.82, 2.24) is 9.88 Å². The fourth-order valence-electron chi connectivity index (χ4n) is 5.45.